The molecule has 1 atom stereocenters. The van der Waals surface area contributed by atoms with E-state index in [2.05, 4.69) is 32.9 Å². The largest absolute Gasteiger partial charge is 0.462 e. The molecule has 65 heavy (non-hydrogen) atoms. The van der Waals surface area contributed by atoms with Crippen molar-refractivity contribution in [1.29, 1.82) is 0 Å². The molecule has 0 saturated carbocycles. The van der Waals surface area contributed by atoms with E-state index in [1.54, 1.807) is 0 Å². The Balaban J connectivity index is 4.32. The minimum atomic E-state index is -0.770. The van der Waals surface area contributed by atoms with Crippen LogP contribution in [-0.2, 0) is 28.6 Å². The molecule has 0 N–H and O–H groups in total. The average molecular weight is 918 g/mol. The fourth-order valence-electron chi connectivity index (χ4n) is 8.85. The number of ether oxygens (including phenoxy) is 3. The molecule has 0 rings (SSSR count). The van der Waals surface area contributed by atoms with Crippen molar-refractivity contribution >= 4 is 17.9 Å². The molecule has 0 fully saturated rings. The fraction of sp³-hybridized carbons (Fsp3) is 0.915. The molecule has 384 valence electrons. The molecule has 1 unspecified atom stereocenters. The topological polar surface area (TPSA) is 78.9 Å². The lowest BCUT2D eigenvalue weighted by atomic mass is 10.0. The van der Waals surface area contributed by atoms with E-state index in [0.29, 0.717) is 19.3 Å². The molecule has 0 radical (unpaired) electrons. The van der Waals surface area contributed by atoms with Crippen LogP contribution in [0.15, 0.2) is 12.2 Å². The van der Waals surface area contributed by atoms with E-state index in [1.165, 1.54) is 225 Å². The molecule has 0 aromatic rings. The number of unbranched alkanes of at least 4 members (excludes halogenated alkanes) is 41. The normalized spacial score (nSPS) is 12.0. The molecule has 0 amide bonds. The first-order valence-electron chi connectivity index (χ1n) is 29.2. The van der Waals surface area contributed by atoms with Crippen LogP contribution in [0.25, 0.3) is 0 Å². The van der Waals surface area contributed by atoms with Crippen LogP contribution in [-0.4, -0.2) is 37.2 Å². The van der Waals surface area contributed by atoms with Crippen molar-refractivity contribution in [3.8, 4) is 0 Å². The minimum absolute atomic E-state index is 0.0685. The molecule has 0 aliphatic rings. The van der Waals surface area contributed by atoms with E-state index in [0.717, 1.165) is 64.2 Å². The summed E-state index contributed by atoms with van der Waals surface area (Å²) in [6.07, 6.45) is 62.0. The van der Waals surface area contributed by atoms with Crippen molar-refractivity contribution in [3.63, 3.8) is 0 Å². The summed E-state index contributed by atoms with van der Waals surface area (Å²) >= 11 is 0. The Morgan fingerprint density at radius 3 is 0.785 bits per heavy atom. The predicted molar refractivity (Wildman–Crippen MR) is 280 cm³/mol. The molecule has 0 aromatic carbocycles. The van der Waals surface area contributed by atoms with Gasteiger partial charge < -0.3 is 14.2 Å². The highest BCUT2D eigenvalue weighted by molar-refractivity contribution is 5.71. The summed E-state index contributed by atoms with van der Waals surface area (Å²) < 4.78 is 16.9. The Morgan fingerprint density at radius 1 is 0.292 bits per heavy atom. The molecule has 0 aliphatic heterocycles. The third-order valence-corrected chi connectivity index (χ3v) is 13.3. The number of carbonyl (C=O) groups is 3. The first-order chi connectivity index (χ1) is 32.0. The Hall–Kier alpha value is -1.85. The third-order valence-electron chi connectivity index (χ3n) is 13.3. The smallest absolute Gasteiger partial charge is 0.306 e. The van der Waals surface area contributed by atoms with Gasteiger partial charge in [-0.05, 0) is 44.9 Å². The lowest BCUT2D eigenvalue weighted by Gasteiger charge is -2.18. The second kappa shape index (κ2) is 54.8. The van der Waals surface area contributed by atoms with Crippen molar-refractivity contribution in [3.05, 3.63) is 12.2 Å². The lowest BCUT2D eigenvalue weighted by molar-refractivity contribution is -0.167. The van der Waals surface area contributed by atoms with Gasteiger partial charge in [-0.25, -0.2) is 0 Å². The predicted octanol–water partition coefficient (Wildman–Crippen LogP) is 19.3. The molecule has 0 bridgehead atoms. The number of hydrogen-bond donors (Lipinski definition) is 0. The summed E-state index contributed by atoms with van der Waals surface area (Å²) in [5.41, 5.74) is 0. The van der Waals surface area contributed by atoms with Gasteiger partial charge in [-0.15, -0.1) is 0 Å². The van der Waals surface area contributed by atoms with Gasteiger partial charge in [0.25, 0.3) is 0 Å². The van der Waals surface area contributed by atoms with Crippen LogP contribution < -0.4 is 0 Å². The Kier molecular flexibility index (Phi) is 53.2. The summed E-state index contributed by atoms with van der Waals surface area (Å²) in [4.78, 5) is 38.1. The van der Waals surface area contributed by atoms with Crippen LogP contribution in [0.4, 0.5) is 0 Å². The SMILES string of the molecule is CCCCCCCCC/C=C\CCCCCC(=O)OCC(COC(=O)CCCCCCCCCCCCCCCCCCC)OC(=O)CCCCCCCCCCCCCCCCCC. The van der Waals surface area contributed by atoms with Gasteiger partial charge in [-0.3, -0.25) is 14.4 Å². The van der Waals surface area contributed by atoms with Gasteiger partial charge in [-0.1, -0.05) is 277 Å². The minimum Gasteiger partial charge on any atom is -0.462 e. The molecule has 0 saturated heterocycles. The number of carbonyl (C=O) groups excluding carboxylic acids is 3. The quantitative estimate of drug-likeness (QED) is 0.0262. The van der Waals surface area contributed by atoms with Gasteiger partial charge in [0.2, 0.25) is 0 Å². The summed E-state index contributed by atoms with van der Waals surface area (Å²) in [5.74, 6) is -0.860. The highest BCUT2D eigenvalue weighted by Gasteiger charge is 2.19. The van der Waals surface area contributed by atoms with E-state index >= 15 is 0 Å². The summed E-state index contributed by atoms with van der Waals surface area (Å²) in [5, 5.41) is 0. The molecule has 0 heterocycles. The van der Waals surface area contributed by atoms with Gasteiger partial charge in [0.05, 0.1) is 0 Å². The first kappa shape index (κ1) is 63.1. The molecule has 6 heteroatoms. The highest BCUT2D eigenvalue weighted by Crippen LogP contribution is 2.17. The zero-order valence-corrected chi connectivity index (χ0v) is 44.0. The summed E-state index contributed by atoms with van der Waals surface area (Å²) in [7, 11) is 0. The maximum Gasteiger partial charge on any atom is 0.306 e. The van der Waals surface area contributed by atoms with Crippen molar-refractivity contribution in [1.82, 2.24) is 0 Å². The van der Waals surface area contributed by atoms with E-state index in [1.807, 2.05) is 0 Å². The average Bonchev–Trinajstić information content (AvgIpc) is 3.30. The summed E-state index contributed by atoms with van der Waals surface area (Å²) in [6, 6.07) is 0. The molecular weight excluding hydrogens is 805 g/mol. The van der Waals surface area contributed by atoms with Gasteiger partial charge in [0.15, 0.2) is 6.10 Å². The van der Waals surface area contributed by atoms with Gasteiger partial charge in [0, 0.05) is 19.3 Å². The molecular formula is C59H112O6. The number of rotatable bonds is 54. The van der Waals surface area contributed by atoms with Crippen LogP contribution in [0.1, 0.15) is 329 Å². The Labute approximate surface area is 405 Å². The monoisotopic (exact) mass is 917 g/mol. The molecule has 0 aromatic heterocycles. The number of esters is 3. The maximum absolute atomic E-state index is 12.8. The van der Waals surface area contributed by atoms with Crippen LogP contribution in [0.5, 0.6) is 0 Å². The standard InChI is InChI=1S/C59H112O6/c1-4-7-10-13-16-19-22-25-28-30-32-34-37-40-43-46-49-52-58(61)64-55-56(54-63-57(60)51-48-45-42-39-36-33-27-24-21-18-15-12-9-6-3)65-59(62)53-50-47-44-41-38-35-31-29-26-23-20-17-14-11-8-5-2/h33,36,56H,4-32,34-35,37-55H2,1-3H3/b36-33-. The highest BCUT2D eigenvalue weighted by atomic mass is 16.6. The lowest BCUT2D eigenvalue weighted by Crippen LogP contribution is -2.30. The van der Waals surface area contributed by atoms with E-state index in [9.17, 15) is 14.4 Å². The van der Waals surface area contributed by atoms with Crippen LogP contribution in [0.2, 0.25) is 0 Å². The van der Waals surface area contributed by atoms with E-state index in [-0.39, 0.29) is 31.1 Å². The Bertz CT molecular complexity index is 1010. The van der Waals surface area contributed by atoms with Gasteiger partial charge in [-0.2, -0.15) is 0 Å². The van der Waals surface area contributed by atoms with Crippen LogP contribution >= 0.6 is 0 Å². The van der Waals surface area contributed by atoms with E-state index < -0.39 is 6.10 Å². The maximum atomic E-state index is 12.8. The van der Waals surface area contributed by atoms with Crippen LogP contribution in [0, 0.1) is 0 Å². The molecule has 6 nitrogen and oxygen atoms in total. The number of hydrogen-bond acceptors (Lipinski definition) is 6. The van der Waals surface area contributed by atoms with Crippen molar-refractivity contribution in [2.24, 2.45) is 0 Å². The second-order valence-electron chi connectivity index (χ2n) is 19.9. The van der Waals surface area contributed by atoms with Crippen LogP contribution in [0.3, 0.4) is 0 Å². The van der Waals surface area contributed by atoms with Crippen molar-refractivity contribution < 1.29 is 28.6 Å². The molecule has 0 spiro atoms. The number of allylic oxidation sites excluding steroid dienone is 2. The van der Waals surface area contributed by atoms with Crippen molar-refractivity contribution in [2.75, 3.05) is 13.2 Å². The van der Waals surface area contributed by atoms with Gasteiger partial charge in [0.1, 0.15) is 13.2 Å². The first-order valence-corrected chi connectivity index (χ1v) is 29.2. The summed E-state index contributed by atoms with van der Waals surface area (Å²) in [6.45, 7) is 6.68. The Morgan fingerprint density at radius 2 is 0.508 bits per heavy atom. The zero-order valence-electron chi connectivity index (χ0n) is 44.0. The zero-order chi connectivity index (χ0) is 47.2. The van der Waals surface area contributed by atoms with Gasteiger partial charge >= 0.3 is 17.9 Å². The fourth-order valence-corrected chi connectivity index (χ4v) is 8.85. The second-order valence-corrected chi connectivity index (χ2v) is 19.9. The third kappa shape index (κ3) is 53.0. The molecule has 0 aliphatic carbocycles. The van der Waals surface area contributed by atoms with E-state index in [4.69, 9.17) is 14.2 Å². The van der Waals surface area contributed by atoms with Crippen molar-refractivity contribution in [2.45, 2.75) is 335 Å².